The van der Waals surface area contributed by atoms with Crippen molar-refractivity contribution in [3.05, 3.63) is 11.6 Å². The van der Waals surface area contributed by atoms with Gasteiger partial charge in [-0.2, -0.15) is 13.2 Å². The van der Waals surface area contributed by atoms with Crippen molar-refractivity contribution in [1.82, 2.24) is 4.98 Å². The van der Waals surface area contributed by atoms with Gasteiger partial charge in [-0.05, 0) is 0 Å². The first-order valence-electron chi connectivity index (χ1n) is 2.32. The van der Waals surface area contributed by atoms with Crippen molar-refractivity contribution in [3.8, 4) is 0 Å². The molecule has 1 heterocycles. The fourth-order valence-electron chi connectivity index (χ4n) is 0.406. The third-order valence-electron chi connectivity index (χ3n) is 0.681. The van der Waals surface area contributed by atoms with Crippen LogP contribution in [0.3, 0.4) is 0 Å². The molecule has 0 aliphatic carbocycles. The molecule has 0 aliphatic heterocycles. The quantitative estimate of drug-likeness (QED) is 0.649. The second-order valence-corrected chi connectivity index (χ2v) is 2.35. The van der Waals surface area contributed by atoms with Crippen LogP contribution in [0.1, 0.15) is 0 Å². The van der Waals surface area contributed by atoms with Crippen LogP contribution >= 0.6 is 11.3 Å². The van der Waals surface area contributed by atoms with E-state index in [1.807, 2.05) is 0 Å². The lowest BCUT2D eigenvalue weighted by Crippen LogP contribution is -2.20. The van der Waals surface area contributed by atoms with E-state index >= 15 is 0 Å². The van der Waals surface area contributed by atoms with Gasteiger partial charge in [-0.15, -0.1) is 11.3 Å². The summed E-state index contributed by atoms with van der Waals surface area (Å²) in [6.45, 7) is 0. The van der Waals surface area contributed by atoms with Gasteiger partial charge in [0, 0.05) is 11.6 Å². The molecule has 0 saturated heterocycles. The second kappa shape index (κ2) is 2.45. The summed E-state index contributed by atoms with van der Waals surface area (Å²) in [7, 11) is 0. The van der Waals surface area contributed by atoms with Gasteiger partial charge in [-0.3, -0.25) is 5.32 Å². The minimum absolute atomic E-state index is 0.132. The number of nitrogens with one attached hydrogen (secondary N) is 1. The highest BCUT2D eigenvalue weighted by Gasteiger charge is 2.27. The van der Waals surface area contributed by atoms with Crippen LogP contribution in [0.2, 0.25) is 0 Å². The zero-order valence-electron chi connectivity index (χ0n) is 4.64. The summed E-state index contributed by atoms with van der Waals surface area (Å²) < 4.78 is 34.4. The number of halogens is 3. The molecule has 0 saturated carbocycles. The van der Waals surface area contributed by atoms with Crippen LogP contribution in [0.4, 0.5) is 18.3 Å². The molecule has 0 aliphatic rings. The van der Waals surface area contributed by atoms with E-state index in [4.69, 9.17) is 0 Å². The number of thiazole rings is 1. The molecule has 0 aromatic carbocycles. The average Bonchev–Trinajstić information content (AvgIpc) is 2.12. The second-order valence-electron chi connectivity index (χ2n) is 1.46. The highest BCUT2D eigenvalue weighted by atomic mass is 32.1. The van der Waals surface area contributed by atoms with Gasteiger partial charge in [0.15, 0.2) is 5.13 Å². The lowest BCUT2D eigenvalue weighted by Gasteiger charge is -2.04. The van der Waals surface area contributed by atoms with Crippen LogP contribution in [0.25, 0.3) is 0 Å². The molecular weight excluding hydrogens is 165 g/mol. The summed E-state index contributed by atoms with van der Waals surface area (Å²) in [5.74, 6) is 0. The molecule has 10 heavy (non-hydrogen) atoms. The highest BCUT2D eigenvalue weighted by Crippen LogP contribution is 2.20. The summed E-state index contributed by atoms with van der Waals surface area (Å²) in [5, 5.41) is 2.60. The summed E-state index contributed by atoms with van der Waals surface area (Å²) in [5.41, 5.74) is 0. The molecule has 2 nitrogen and oxygen atoms in total. The van der Waals surface area contributed by atoms with E-state index in [1.54, 1.807) is 0 Å². The highest BCUT2D eigenvalue weighted by molar-refractivity contribution is 7.13. The van der Waals surface area contributed by atoms with Gasteiger partial charge in [0.25, 0.3) is 0 Å². The van der Waals surface area contributed by atoms with Crippen molar-refractivity contribution >= 4 is 16.5 Å². The SMILES string of the molecule is FC(F)(F)Nc1nccs1. The largest absolute Gasteiger partial charge is 0.484 e. The van der Waals surface area contributed by atoms with Gasteiger partial charge >= 0.3 is 6.30 Å². The average molecular weight is 168 g/mol. The van der Waals surface area contributed by atoms with Gasteiger partial charge in [-0.25, -0.2) is 4.98 Å². The fraction of sp³-hybridized carbons (Fsp3) is 0.250. The van der Waals surface area contributed by atoms with Crippen molar-refractivity contribution in [2.45, 2.75) is 6.30 Å². The van der Waals surface area contributed by atoms with E-state index in [2.05, 4.69) is 4.98 Å². The van der Waals surface area contributed by atoms with Crippen LogP contribution < -0.4 is 5.32 Å². The Hall–Kier alpha value is -0.780. The van der Waals surface area contributed by atoms with Crippen LogP contribution in [0.5, 0.6) is 0 Å². The van der Waals surface area contributed by atoms with Gasteiger partial charge in [0.2, 0.25) is 0 Å². The van der Waals surface area contributed by atoms with Crippen molar-refractivity contribution in [2.24, 2.45) is 0 Å². The van der Waals surface area contributed by atoms with E-state index < -0.39 is 6.30 Å². The zero-order valence-corrected chi connectivity index (χ0v) is 5.46. The number of anilines is 1. The molecule has 0 bridgehead atoms. The Morgan fingerprint density at radius 1 is 1.50 bits per heavy atom. The van der Waals surface area contributed by atoms with E-state index in [-0.39, 0.29) is 5.13 Å². The fourth-order valence-corrected chi connectivity index (χ4v) is 0.953. The third kappa shape index (κ3) is 2.22. The van der Waals surface area contributed by atoms with E-state index in [9.17, 15) is 13.2 Å². The molecule has 0 atom stereocenters. The Labute approximate surface area is 58.7 Å². The number of alkyl halides is 3. The Kier molecular flexibility index (Phi) is 1.80. The summed E-state index contributed by atoms with van der Waals surface area (Å²) in [6.07, 6.45) is -3.07. The first-order valence-corrected chi connectivity index (χ1v) is 3.20. The standard InChI is InChI=1S/C4H3F3N2S/c5-4(6,7)9-3-8-1-2-10-3/h1-2H,(H,8,9). The molecule has 6 heteroatoms. The van der Waals surface area contributed by atoms with E-state index in [1.165, 1.54) is 16.9 Å². The zero-order chi connectivity index (χ0) is 7.61. The number of rotatable bonds is 1. The monoisotopic (exact) mass is 168 g/mol. The molecule has 1 N–H and O–H groups in total. The lowest BCUT2D eigenvalue weighted by molar-refractivity contribution is -0.0999. The Balaban J connectivity index is 2.57. The van der Waals surface area contributed by atoms with Crippen molar-refractivity contribution in [2.75, 3.05) is 5.32 Å². The summed E-state index contributed by atoms with van der Waals surface area (Å²) in [4.78, 5) is 3.39. The number of hydrogen-bond donors (Lipinski definition) is 1. The Bertz CT molecular complexity index is 193. The maximum absolute atomic E-state index is 11.5. The van der Waals surface area contributed by atoms with Crippen molar-refractivity contribution < 1.29 is 13.2 Å². The topological polar surface area (TPSA) is 24.9 Å². The maximum Gasteiger partial charge on any atom is 0.484 e. The van der Waals surface area contributed by atoms with E-state index in [0.717, 1.165) is 11.3 Å². The smallest absolute Gasteiger partial charge is 0.273 e. The molecule has 1 rings (SSSR count). The van der Waals surface area contributed by atoms with Crippen LogP contribution in [-0.4, -0.2) is 11.3 Å². The first-order chi connectivity index (χ1) is 4.58. The van der Waals surface area contributed by atoms with Crippen LogP contribution in [0, 0.1) is 0 Å². The molecule has 0 spiro atoms. The summed E-state index contributed by atoms with van der Waals surface area (Å²) >= 11 is 0.908. The summed E-state index contributed by atoms with van der Waals surface area (Å²) in [6, 6.07) is 0. The Morgan fingerprint density at radius 2 is 2.20 bits per heavy atom. The first kappa shape index (κ1) is 7.33. The number of aromatic nitrogens is 1. The van der Waals surface area contributed by atoms with Gasteiger partial charge in [-0.1, -0.05) is 0 Å². The minimum atomic E-state index is -4.38. The van der Waals surface area contributed by atoms with Gasteiger partial charge in [0.05, 0.1) is 0 Å². The number of nitrogens with zero attached hydrogens (tertiary/aromatic N) is 1. The van der Waals surface area contributed by atoms with Crippen LogP contribution in [-0.2, 0) is 0 Å². The molecule has 1 aromatic rings. The van der Waals surface area contributed by atoms with Gasteiger partial charge < -0.3 is 0 Å². The van der Waals surface area contributed by atoms with Gasteiger partial charge in [0.1, 0.15) is 0 Å². The predicted molar refractivity (Wildman–Crippen MR) is 31.8 cm³/mol. The molecule has 0 radical (unpaired) electrons. The van der Waals surface area contributed by atoms with Crippen molar-refractivity contribution in [3.63, 3.8) is 0 Å². The Morgan fingerprint density at radius 3 is 2.60 bits per heavy atom. The van der Waals surface area contributed by atoms with Crippen molar-refractivity contribution in [1.29, 1.82) is 0 Å². The minimum Gasteiger partial charge on any atom is -0.273 e. The molecule has 56 valence electrons. The molecule has 1 aromatic heterocycles. The lowest BCUT2D eigenvalue weighted by atomic mass is 10.9. The molecule has 0 unspecified atom stereocenters. The third-order valence-corrected chi connectivity index (χ3v) is 1.37. The molecular formula is C4H3F3N2S. The van der Waals surface area contributed by atoms with E-state index in [0.29, 0.717) is 0 Å². The normalized spacial score (nSPS) is 11.5. The van der Waals surface area contributed by atoms with Crippen LogP contribution in [0.15, 0.2) is 11.6 Å². The molecule has 0 fully saturated rings. The predicted octanol–water partition coefficient (Wildman–Crippen LogP) is 2.07. The number of hydrogen-bond acceptors (Lipinski definition) is 3. The maximum atomic E-state index is 11.5. The molecule has 0 amide bonds.